The summed E-state index contributed by atoms with van der Waals surface area (Å²) in [5, 5.41) is 11.9. The van der Waals surface area contributed by atoms with Gasteiger partial charge in [-0.1, -0.05) is 0 Å². The number of rotatable bonds is 6. The Hall–Kier alpha value is -1.10. The Morgan fingerprint density at radius 3 is 2.61 bits per heavy atom. The van der Waals surface area contributed by atoms with Gasteiger partial charge in [0.1, 0.15) is 0 Å². The Bertz CT molecular complexity index is 338. The Morgan fingerprint density at radius 2 is 2.11 bits per heavy atom. The van der Waals surface area contributed by atoms with Gasteiger partial charge in [0, 0.05) is 19.8 Å². The molecular formula is C13H21NO4. The van der Waals surface area contributed by atoms with Gasteiger partial charge in [-0.05, 0) is 38.5 Å². The highest BCUT2D eigenvalue weighted by Gasteiger charge is 2.49. The summed E-state index contributed by atoms with van der Waals surface area (Å²) in [6.45, 7) is 0.607. The van der Waals surface area contributed by atoms with E-state index in [1.165, 1.54) is 0 Å². The van der Waals surface area contributed by atoms with Crippen molar-refractivity contribution in [2.45, 2.75) is 44.6 Å². The molecule has 0 aromatic heterocycles. The van der Waals surface area contributed by atoms with Crippen LogP contribution in [0.4, 0.5) is 0 Å². The summed E-state index contributed by atoms with van der Waals surface area (Å²) < 4.78 is 5.03. The molecule has 2 saturated carbocycles. The number of hydrogen-bond acceptors (Lipinski definition) is 3. The molecule has 2 N–H and O–H groups in total. The molecule has 102 valence electrons. The third-order valence-electron chi connectivity index (χ3n) is 4.24. The number of nitrogens with one attached hydrogen (secondary N) is 1. The Labute approximate surface area is 107 Å². The first-order valence-corrected chi connectivity index (χ1v) is 6.60. The van der Waals surface area contributed by atoms with E-state index in [9.17, 15) is 9.59 Å². The molecule has 0 spiro atoms. The first-order chi connectivity index (χ1) is 8.57. The van der Waals surface area contributed by atoms with Gasteiger partial charge in [-0.15, -0.1) is 0 Å². The molecule has 2 atom stereocenters. The molecule has 2 aliphatic rings. The Kier molecular flexibility index (Phi) is 3.90. The number of carbonyl (C=O) groups excluding carboxylic acids is 1. The van der Waals surface area contributed by atoms with Gasteiger partial charge in [0.15, 0.2) is 0 Å². The predicted octanol–water partition coefficient (Wildman–Crippen LogP) is 1.17. The second kappa shape index (κ2) is 5.26. The van der Waals surface area contributed by atoms with Crippen molar-refractivity contribution in [2.24, 2.45) is 11.3 Å². The van der Waals surface area contributed by atoms with Gasteiger partial charge in [0.2, 0.25) is 5.91 Å². The lowest BCUT2D eigenvalue weighted by molar-refractivity contribution is -0.141. The van der Waals surface area contributed by atoms with Crippen LogP contribution in [0.5, 0.6) is 0 Å². The third-order valence-corrected chi connectivity index (χ3v) is 4.24. The summed E-state index contributed by atoms with van der Waals surface area (Å²) in [5.74, 6) is -0.938. The number of carboxylic acid groups (broad SMARTS) is 1. The van der Waals surface area contributed by atoms with Gasteiger partial charge in [-0.2, -0.15) is 0 Å². The fourth-order valence-electron chi connectivity index (χ4n) is 2.71. The standard InChI is InChI=1S/C13H21NO4/c1-18-7-6-13(4-5-13)12(17)14-10-3-2-9(8-10)11(15)16/h9-10H,2-8H2,1H3,(H,14,17)(H,15,16)/t9-,10+/m1/s1. The molecule has 2 fully saturated rings. The average Bonchev–Trinajstić information content (AvgIpc) is 2.99. The van der Waals surface area contributed by atoms with Gasteiger partial charge in [0.25, 0.3) is 0 Å². The van der Waals surface area contributed by atoms with Crippen molar-refractivity contribution < 1.29 is 19.4 Å². The van der Waals surface area contributed by atoms with Crippen molar-refractivity contribution in [3.05, 3.63) is 0 Å². The lowest BCUT2D eigenvalue weighted by atomic mass is 10.0. The quantitative estimate of drug-likeness (QED) is 0.747. The van der Waals surface area contributed by atoms with Crippen LogP contribution >= 0.6 is 0 Å². The van der Waals surface area contributed by atoms with Crippen LogP contribution in [-0.2, 0) is 14.3 Å². The minimum Gasteiger partial charge on any atom is -0.481 e. The highest BCUT2D eigenvalue weighted by Crippen LogP contribution is 2.49. The fraction of sp³-hybridized carbons (Fsp3) is 0.846. The molecule has 5 nitrogen and oxygen atoms in total. The van der Waals surface area contributed by atoms with E-state index in [4.69, 9.17) is 9.84 Å². The largest absolute Gasteiger partial charge is 0.481 e. The average molecular weight is 255 g/mol. The molecule has 0 aromatic rings. The maximum atomic E-state index is 12.2. The molecule has 0 radical (unpaired) electrons. The Morgan fingerprint density at radius 1 is 1.39 bits per heavy atom. The van der Waals surface area contributed by atoms with Crippen LogP contribution in [0, 0.1) is 11.3 Å². The minimum atomic E-state index is -0.743. The van der Waals surface area contributed by atoms with Crippen LogP contribution in [0.25, 0.3) is 0 Å². The molecule has 5 heteroatoms. The summed E-state index contributed by atoms with van der Waals surface area (Å²) in [4.78, 5) is 23.0. The first kappa shape index (κ1) is 13.3. The van der Waals surface area contributed by atoms with Crippen LogP contribution in [0.3, 0.4) is 0 Å². The number of hydrogen-bond donors (Lipinski definition) is 2. The third kappa shape index (κ3) is 2.83. The number of carboxylic acids is 1. The lowest BCUT2D eigenvalue weighted by Crippen LogP contribution is -2.39. The summed E-state index contributed by atoms with van der Waals surface area (Å²) in [6.07, 6.45) is 4.65. The summed E-state index contributed by atoms with van der Waals surface area (Å²) in [5.41, 5.74) is -0.225. The van der Waals surface area contributed by atoms with Crippen molar-refractivity contribution in [2.75, 3.05) is 13.7 Å². The van der Waals surface area contributed by atoms with Gasteiger partial charge in [-0.3, -0.25) is 9.59 Å². The van der Waals surface area contributed by atoms with E-state index in [2.05, 4.69) is 5.32 Å². The topological polar surface area (TPSA) is 75.6 Å². The van der Waals surface area contributed by atoms with E-state index in [0.717, 1.165) is 25.7 Å². The molecule has 0 heterocycles. The molecule has 18 heavy (non-hydrogen) atoms. The highest BCUT2D eigenvalue weighted by atomic mass is 16.5. The van der Waals surface area contributed by atoms with Crippen molar-refractivity contribution in [3.63, 3.8) is 0 Å². The van der Waals surface area contributed by atoms with E-state index in [-0.39, 0.29) is 23.3 Å². The number of methoxy groups -OCH3 is 1. The van der Waals surface area contributed by atoms with Crippen LogP contribution < -0.4 is 5.32 Å². The van der Waals surface area contributed by atoms with Crippen LogP contribution in [-0.4, -0.2) is 36.7 Å². The zero-order valence-electron chi connectivity index (χ0n) is 10.8. The number of ether oxygens (including phenoxy) is 1. The van der Waals surface area contributed by atoms with Gasteiger partial charge < -0.3 is 15.2 Å². The van der Waals surface area contributed by atoms with E-state index < -0.39 is 5.97 Å². The van der Waals surface area contributed by atoms with Crippen LogP contribution in [0.1, 0.15) is 38.5 Å². The second-order valence-electron chi connectivity index (χ2n) is 5.54. The Balaban J connectivity index is 1.80. The maximum Gasteiger partial charge on any atom is 0.306 e. The molecule has 1 amide bonds. The predicted molar refractivity (Wildman–Crippen MR) is 65.1 cm³/mol. The lowest BCUT2D eigenvalue weighted by Gasteiger charge is -2.18. The van der Waals surface area contributed by atoms with Gasteiger partial charge in [0.05, 0.1) is 11.3 Å². The van der Waals surface area contributed by atoms with E-state index in [1.54, 1.807) is 7.11 Å². The number of carbonyl (C=O) groups is 2. The molecule has 0 aliphatic heterocycles. The SMILES string of the molecule is COCCC1(C(=O)N[C@H]2CC[C@@H](C(=O)O)C2)CC1. The van der Waals surface area contributed by atoms with Crippen molar-refractivity contribution in [3.8, 4) is 0 Å². The number of aliphatic carboxylic acids is 1. The zero-order chi connectivity index (χ0) is 13.2. The zero-order valence-corrected chi connectivity index (χ0v) is 10.8. The first-order valence-electron chi connectivity index (χ1n) is 6.60. The van der Waals surface area contributed by atoms with Gasteiger partial charge in [-0.25, -0.2) is 0 Å². The van der Waals surface area contributed by atoms with E-state index >= 15 is 0 Å². The number of amides is 1. The summed E-state index contributed by atoms with van der Waals surface area (Å²) >= 11 is 0. The monoisotopic (exact) mass is 255 g/mol. The molecule has 2 rings (SSSR count). The van der Waals surface area contributed by atoms with Crippen molar-refractivity contribution in [1.82, 2.24) is 5.32 Å². The van der Waals surface area contributed by atoms with Gasteiger partial charge >= 0.3 is 5.97 Å². The molecule has 0 saturated heterocycles. The maximum absolute atomic E-state index is 12.2. The fourth-order valence-corrected chi connectivity index (χ4v) is 2.71. The smallest absolute Gasteiger partial charge is 0.306 e. The molecule has 2 aliphatic carbocycles. The summed E-state index contributed by atoms with van der Waals surface area (Å²) in [6, 6.07) is 0.0404. The molecule has 0 bridgehead atoms. The highest BCUT2D eigenvalue weighted by molar-refractivity contribution is 5.85. The van der Waals surface area contributed by atoms with E-state index in [1.807, 2.05) is 0 Å². The summed E-state index contributed by atoms with van der Waals surface area (Å²) in [7, 11) is 1.64. The molecular weight excluding hydrogens is 234 g/mol. The molecule has 0 unspecified atom stereocenters. The van der Waals surface area contributed by atoms with Crippen LogP contribution in [0.15, 0.2) is 0 Å². The molecule has 0 aromatic carbocycles. The van der Waals surface area contributed by atoms with Crippen molar-refractivity contribution >= 4 is 11.9 Å². The van der Waals surface area contributed by atoms with Crippen molar-refractivity contribution in [1.29, 1.82) is 0 Å². The van der Waals surface area contributed by atoms with E-state index in [0.29, 0.717) is 19.4 Å². The van der Waals surface area contributed by atoms with Crippen LogP contribution in [0.2, 0.25) is 0 Å². The second-order valence-corrected chi connectivity index (χ2v) is 5.54. The minimum absolute atomic E-state index is 0.0404. The normalized spacial score (nSPS) is 28.9.